The van der Waals surface area contributed by atoms with Crippen molar-refractivity contribution >= 4 is 28.8 Å². The molecule has 3 amide bonds. The van der Waals surface area contributed by atoms with Crippen molar-refractivity contribution in [1.82, 2.24) is 24.8 Å². The molecule has 0 bridgehead atoms. The van der Waals surface area contributed by atoms with Crippen molar-refractivity contribution in [2.75, 3.05) is 13.1 Å². The summed E-state index contributed by atoms with van der Waals surface area (Å²) in [6.07, 6.45) is 5.71. The minimum atomic E-state index is -0.496. The molecule has 0 saturated heterocycles. The maximum absolute atomic E-state index is 14.0. The van der Waals surface area contributed by atoms with Crippen LogP contribution in [0.5, 0.6) is 5.75 Å². The Morgan fingerprint density at radius 1 is 0.952 bits per heavy atom. The second-order valence-corrected chi connectivity index (χ2v) is 11.6. The summed E-state index contributed by atoms with van der Waals surface area (Å²) in [4.78, 5) is 44.1. The normalized spacial score (nSPS) is 18.8. The molecular weight excluding hydrogens is 530 g/mol. The highest BCUT2D eigenvalue weighted by Gasteiger charge is 2.42. The van der Waals surface area contributed by atoms with Gasteiger partial charge in [0, 0.05) is 25.1 Å². The van der Waals surface area contributed by atoms with Crippen LogP contribution in [0.1, 0.15) is 75.6 Å². The van der Waals surface area contributed by atoms with Crippen molar-refractivity contribution in [3.63, 3.8) is 0 Å². The van der Waals surface area contributed by atoms with Crippen LogP contribution in [0.2, 0.25) is 0 Å². The van der Waals surface area contributed by atoms with Crippen molar-refractivity contribution in [3.05, 3.63) is 88.5 Å². The fraction of sp³-hybridized carbons (Fsp3) is 0.364. The van der Waals surface area contributed by atoms with Gasteiger partial charge in [0.2, 0.25) is 5.91 Å². The molecule has 0 radical (unpaired) electrons. The van der Waals surface area contributed by atoms with Crippen LogP contribution in [-0.4, -0.2) is 55.6 Å². The molecule has 42 heavy (non-hydrogen) atoms. The Labute approximate surface area is 244 Å². The molecule has 0 unspecified atom stereocenters. The Kier molecular flexibility index (Phi) is 6.72. The van der Waals surface area contributed by atoms with Crippen LogP contribution in [0, 0.1) is 5.92 Å². The standard InChI is InChI=1S/C33H33N5O4/c1-36-27-15-14-21(18-26(27)34-35-36)20-42-29-13-7-10-22-16-17-37(31(39)23-8-3-2-4-9-23)28(30(22)29)19-38-32(40)24-11-5-6-12-25(24)33(38)41/h5-7,10-15,18,23,28H,2-4,8-9,16-17,19-20H2,1H3/t28-/m1/s1. The molecule has 4 aromatic rings. The third kappa shape index (κ3) is 4.53. The molecule has 1 atom stereocenters. The zero-order valence-corrected chi connectivity index (χ0v) is 23.7. The first kappa shape index (κ1) is 26.4. The smallest absolute Gasteiger partial charge is 0.261 e. The van der Waals surface area contributed by atoms with E-state index in [1.807, 2.05) is 42.3 Å². The zero-order valence-electron chi connectivity index (χ0n) is 23.7. The summed E-state index contributed by atoms with van der Waals surface area (Å²) in [5.41, 5.74) is 5.45. The van der Waals surface area contributed by atoms with Gasteiger partial charge in [0.25, 0.3) is 11.8 Å². The Morgan fingerprint density at radius 2 is 1.71 bits per heavy atom. The van der Waals surface area contributed by atoms with Crippen molar-refractivity contribution in [1.29, 1.82) is 0 Å². The van der Waals surface area contributed by atoms with Gasteiger partial charge in [-0.3, -0.25) is 19.3 Å². The summed E-state index contributed by atoms with van der Waals surface area (Å²) in [6.45, 7) is 0.936. The van der Waals surface area contributed by atoms with Gasteiger partial charge < -0.3 is 9.64 Å². The van der Waals surface area contributed by atoms with Gasteiger partial charge in [-0.05, 0) is 60.7 Å². The van der Waals surface area contributed by atoms with Gasteiger partial charge in [0.15, 0.2) is 0 Å². The lowest BCUT2D eigenvalue weighted by molar-refractivity contribution is -0.140. The van der Waals surface area contributed by atoms with E-state index in [-0.39, 0.29) is 30.2 Å². The summed E-state index contributed by atoms with van der Waals surface area (Å²) in [5.74, 6) is 0.114. The third-order valence-electron chi connectivity index (χ3n) is 9.03. The molecule has 3 aromatic carbocycles. The van der Waals surface area contributed by atoms with E-state index < -0.39 is 6.04 Å². The molecule has 3 heterocycles. The van der Waals surface area contributed by atoms with E-state index in [1.165, 1.54) is 4.90 Å². The number of aromatic nitrogens is 3. The lowest BCUT2D eigenvalue weighted by Gasteiger charge is -2.41. The highest BCUT2D eigenvalue weighted by atomic mass is 16.5. The molecule has 9 nitrogen and oxygen atoms in total. The maximum atomic E-state index is 14.0. The SMILES string of the molecule is Cn1nnc2cc(COc3cccc4c3[C@@H](CN3C(=O)c5ccccc5C3=O)N(C(=O)C3CCCCC3)CC4)ccc21. The topological polar surface area (TPSA) is 97.6 Å². The predicted octanol–water partition coefficient (Wildman–Crippen LogP) is 4.85. The van der Waals surface area contributed by atoms with Crippen LogP contribution in [0.4, 0.5) is 0 Å². The number of benzene rings is 3. The molecule has 1 saturated carbocycles. The van der Waals surface area contributed by atoms with Crippen molar-refractivity contribution < 1.29 is 19.1 Å². The van der Waals surface area contributed by atoms with E-state index in [2.05, 4.69) is 16.4 Å². The van der Waals surface area contributed by atoms with Gasteiger partial charge in [0.1, 0.15) is 17.9 Å². The van der Waals surface area contributed by atoms with Crippen LogP contribution in [0.15, 0.2) is 60.7 Å². The second kappa shape index (κ2) is 10.7. The van der Waals surface area contributed by atoms with E-state index in [1.54, 1.807) is 28.9 Å². The average Bonchev–Trinajstić information content (AvgIpc) is 3.52. The molecule has 0 N–H and O–H groups in total. The molecule has 2 aliphatic heterocycles. The van der Waals surface area contributed by atoms with Crippen LogP contribution in [-0.2, 0) is 24.9 Å². The van der Waals surface area contributed by atoms with Gasteiger partial charge >= 0.3 is 0 Å². The highest BCUT2D eigenvalue weighted by molar-refractivity contribution is 6.21. The molecule has 214 valence electrons. The molecule has 7 rings (SSSR count). The first-order valence-electron chi connectivity index (χ1n) is 14.8. The van der Waals surface area contributed by atoms with Crippen molar-refractivity contribution in [3.8, 4) is 5.75 Å². The number of aryl methyl sites for hydroxylation is 1. The molecular formula is C33H33N5O4. The monoisotopic (exact) mass is 563 g/mol. The number of carbonyl (C=O) groups excluding carboxylic acids is 3. The fourth-order valence-corrected chi connectivity index (χ4v) is 6.82. The largest absolute Gasteiger partial charge is 0.489 e. The summed E-state index contributed by atoms with van der Waals surface area (Å²) in [5, 5.41) is 8.31. The maximum Gasteiger partial charge on any atom is 0.261 e. The van der Waals surface area contributed by atoms with Gasteiger partial charge in [-0.25, -0.2) is 4.68 Å². The average molecular weight is 564 g/mol. The zero-order chi connectivity index (χ0) is 28.8. The lowest BCUT2D eigenvalue weighted by Crippen LogP contribution is -2.48. The fourth-order valence-electron chi connectivity index (χ4n) is 6.82. The van der Waals surface area contributed by atoms with Gasteiger partial charge in [-0.1, -0.05) is 54.8 Å². The second-order valence-electron chi connectivity index (χ2n) is 11.6. The number of fused-ring (bicyclic) bond motifs is 3. The summed E-state index contributed by atoms with van der Waals surface area (Å²) >= 11 is 0. The Bertz CT molecular complexity index is 1670. The number of carbonyl (C=O) groups is 3. The molecule has 3 aliphatic rings. The molecule has 1 aliphatic carbocycles. The van der Waals surface area contributed by atoms with Gasteiger partial charge in [-0.2, -0.15) is 0 Å². The number of nitrogens with zero attached hydrogens (tertiary/aromatic N) is 5. The summed E-state index contributed by atoms with van der Waals surface area (Å²) in [6, 6.07) is 18.3. The lowest BCUT2D eigenvalue weighted by atomic mass is 9.85. The minimum Gasteiger partial charge on any atom is -0.489 e. The first-order chi connectivity index (χ1) is 20.5. The van der Waals surface area contributed by atoms with Crippen LogP contribution >= 0.6 is 0 Å². The van der Waals surface area contributed by atoms with E-state index in [9.17, 15) is 14.4 Å². The molecule has 1 aromatic heterocycles. The Morgan fingerprint density at radius 3 is 2.48 bits per heavy atom. The van der Waals surface area contributed by atoms with E-state index >= 15 is 0 Å². The minimum absolute atomic E-state index is 0.0308. The molecule has 0 spiro atoms. The Hall–Kier alpha value is -4.53. The molecule has 1 fully saturated rings. The predicted molar refractivity (Wildman–Crippen MR) is 156 cm³/mol. The molecule has 9 heteroatoms. The summed E-state index contributed by atoms with van der Waals surface area (Å²) < 4.78 is 8.18. The van der Waals surface area contributed by atoms with Gasteiger partial charge in [0.05, 0.1) is 29.2 Å². The van der Waals surface area contributed by atoms with E-state index in [0.29, 0.717) is 36.4 Å². The number of amides is 3. The Balaban J connectivity index is 1.23. The number of rotatable bonds is 6. The quantitative estimate of drug-likeness (QED) is 0.311. The van der Waals surface area contributed by atoms with Crippen LogP contribution in [0.25, 0.3) is 11.0 Å². The van der Waals surface area contributed by atoms with Crippen LogP contribution < -0.4 is 4.74 Å². The van der Waals surface area contributed by atoms with Gasteiger partial charge in [-0.15, -0.1) is 5.10 Å². The number of hydrogen-bond acceptors (Lipinski definition) is 6. The third-order valence-corrected chi connectivity index (χ3v) is 9.03. The van der Waals surface area contributed by atoms with Crippen molar-refractivity contribution in [2.24, 2.45) is 13.0 Å². The van der Waals surface area contributed by atoms with Crippen LogP contribution in [0.3, 0.4) is 0 Å². The van der Waals surface area contributed by atoms with E-state index in [4.69, 9.17) is 4.74 Å². The number of ether oxygens (including phenoxy) is 1. The highest BCUT2D eigenvalue weighted by Crippen LogP contribution is 2.40. The summed E-state index contributed by atoms with van der Waals surface area (Å²) in [7, 11) is 1.86. The number of hydrogen-bond donors (Lipinski definition) is 0. The van der Waals surface area contributed by atoms with Crippen molar-refractivity contribution in [2.45, 2.75) is 51.2 Å². The first-order valence-corrected chi connectivity index (χ1v) is 14.8. The number of imide groups is 1. The van der Waals surface area contributed by atoms with E-state index in [0.717, 1.165) is 59.8 Å².